The number of hydrogen-bond donors (Lipinski definition) is 2. The molecule has 1 aliphatic heterocycles. The maximum atomic E-state index is 13.3. The molecule has 11 heteroatoms. The second-order valence-electron chi connectivity index (χ2n) is 8.91. The van der Waals surface area contributed by atoms with Gasteiger partial charge in [0.25, 0.3) is 0 Å². The van der Waals surface area contributed by atoms with Gasteiger partial charge in [0.05, 0.1) is 23.3 Å². The molecule has 1 atom stereocenters. The number of nitrogens with two attached hydrogens (primary N) is 1. The second kappa shape index (κ2) is 8.74. The van der Waals surface area contributed by atoms with Gasteiger partial charge in [0.15, 0.2) is 0 Å². The molecule has 1 unspecified atom stereocenters. The van der Waals surface area contributed by atoms with E-state index < -0.39 is 17.8 Å². The summed E-state index contributed by atoms with van der Waals surface area (Å²) in [6, 6.07) is 5.67. The Bertz CT molecular complexity index is 1210. The van der Waals surface area contributed by atoms with E-state index in [1.807, 2.05) is 6.07 Å². The van der Waals surface area contributed by atoms with Crippen molar-refractivity contribution in [3.8, 4) is 0 Å². The fourth-order valence-corrected chi connectivity index (χ4v) is 4.59. The summed E-state index contributed by atoms with van der Waals surface area (Å²) >= 11 is 6.13. The number of hydrogen-bond acceptors (Lipinski definition) is 7. The smallest absolute Gasteiger partial charge is 0.399 e. The Kier molecular flexibility index (Phi) is 5.89. The van der Waals surface area contributed by atoms with E-state index >= 15 is 0 Å². The van der Waals surface area contributed by atoms with Crippen molar-refractivity contribution in [1.82, 2.24) is 19.9 Å². The van der Waals surface area contributed by atoms with Crippen LogP contribution in [0.4, 0.5) is 30.5 Å². The molecule has 0 bridgehead atoms. The SMILES string of the molecule is CC(Nc1nc(Cl)nc2cnc(N3CCN(C4CC4)CC3)cc12)c1cc(N)cc(C(F)(F)F)c1. The van der Waals surface area contributed by atoms with Gasteiger partial charge in [-0.15, -0.1) is 0 Å². The molecule has 3 aromatic rings. The van der Waals surface area contributed by atoms with E-state index in [0.717, 1.165) is 50.2 Å². The van der Waals surface area contributed by atoms with Gasteiger partial charge in [-0.2, -0.15) is 13.2 Å². The van der Waals surface area contributed by atoms with Crippen LogP contribution < -0.4 is 16.0 Å². The van der Waals surface area contributed by atoms with Gasteiger partial charge in [-0.05, 0) is 61.2 Å². The average Bonchev–Trinajstić information content (AvgIpc) is 3.63. The van der Waals surface area contributed by atoms with E-state index in [-0.39, 0.29) is 11.0 Å². The van der Waals surface area contributed by atoms with Crippen LogP contribution in [0.2, 0.25) is 5.28 Å². The van der Waals surface area contributed by atoms with Gasteiger partial charge in [-0.3, -0.25) is 4.90 Å². The van der Waals surface area contributed by atoms with Crippen LogP contribution in [0.5, 0.6) is 0 Å². The quantitative estimate of drug-likeness (QED) is 0.394. The van der Waals surface area contributed by atoms with Crippen LogP contribution in [0, 0.1) is 0 Å². The molecule has 0 spiro atoms. The van der Waals surface area contributed by atoms with Crippen molar-refractivity contribution in [2.45, 2.75) is 38.0 Å². The molecule has 3 heterocycles. The van der Waals surface area contributed by atoms with Gasteiger partial charge in [0.2, 0.25) is 5.28 Å². The molecular formula is C23H25ClF3N7. The van der Waals surface area contributed by atoms with Crippen molar-refractivity contribution in [2.24, 2.45) is 0 Å². The van der Waals surface area contributed by atoms with Gasteiger partial charge in [-0.25, -0.2) is 15.0 Å². The van der Waals surface area contributed by atoms with Crippen LogP contribution in [0.25, 0.3) is 10.9 Å². The molecule has 180 valence electrons. The van der Waals surface area contributed by atoms with Crippen LogP contribution >= 0.6 is 11.6 Å². The van der Waals surface area contributed by atoms with Crippen molar-refractivity contribution in [3.05, 3.63) is 46.9 Å². The number of fused-ring (bicyclic) bond motifs is 1. The highest BCUT2D eigenvalue weighted by Gasteiger charge is 2.32. The molecule has 1 aromatic carbocycles. The number of nitrogens with one attached hydrogen (secondary N) is 1. The molecule has 1 aliphatic carbocycles. The first-order valence-electron chi connectivity index (χ1n) is 11.2. The number of anilines is 3. The first-order chi connectivity index (χ1) is 16.2. The number of pyridine rings is 1. The lowest BCUT2D eigenvalue weighted by Crippen LogP contribution is -2.47. The highest BCUT2D eigenvalue weighted by molar-refractivity contribution is 6.28. The highest BCUT2D eigenvalue weighted by Crippen LogP contribution is 2.34. The predicted octanol–water partition coefficient (Wildman–Crippen LogP) is 4.74. The minimum absolute atomic E-state index is 0.0263. The molecule has 2 fully saturated rings. The normalized spacial score (nSPS) is 18.3. The monoisotopic (exact) mass is 491 g/mol. The summed E-state index contributed by atoms with van der Waals surface area (Å²) in [6.07, 6.45) is -0.253. The highest BCUT2D eigenvalue weighted by atomic mass is 35.5. The molecule has 2 aromatic heterocycles. The minimum Gasteiger partial charge on any atom is -0.399 e. The molecule has 2 aliphatic rings. The molecular weight excluding hydrogens is 467 g/mol. The fourth-order valence-electron chi connectivity index (χ4n) is 4.41. The molecule has 1 saturated carbocycles. The van der Waals surface area contributed by atoms with Crippen molar-refractivity contribution in [1.29, 1.82) is 0 Å². The van der Waals surface area contributed by atoms with Crippen LogP contribution in [0.15, 0.2) is 30.5 Å². The Morgan fingerprint density at radius 2 is 1.82 bits per heavy atom. The van der Waals surface area contributed by atoms with Crippen LogP contribution in [0.1, 0.15) is 36.9 Å². The summed E-state index contributed by atoms with van der Waals surface area (Å²) in [7, 11) is 0. The summed E-state index contributed by atoms with van der Waals surface area (Å²) in [5, 5.41) is 3.92. The summed E-state index contributed by atoms with van der Waals surface area (Å²) in [5.41, 5.74) is 5.94. The maximum absolute atomic E-state index is 13.3. The molecule has 5 rings (SSSR count). The Morgan fingerprint density at radius 3 is 2.50 bits per heavy atom. The summed E-state index contributed by atoms with van der Waals surface area (Å²) < 4.78 is 39.8. The van der Waals surface area contributed by atoms with Crippen LogP contribution in [0.3, 0.4) is 0 Å². The number of alkyl halides is 3. The van der Waals surface area contributed by atoms with Gasteiger partial charge >= 0.3 is 6.18 Å². The molecule has 0 radical (unpaired) electrons. The topological polar surface area (TPSA) is 83.2 Å². The molecule has 3 N–H and O–H groups in total. The second-order valence-corrected chi connectivity index (χ2v) is 9.25. The number of piperazine rings is 1. The van der Waals surface area contributed by atoms with Crippen molar-refractivity contribution < 1.29 is 13.2 Å². The van der Waals surface area contributed by atoms with Crippen molar-refractivity contribution in [2.75, 3.05) is 42.1 Å². The van der Waals surface area contributed by atoms with Gasteiger partial charge < -0.3 is 16.0 Å². The van der Waals surface area contributed by atoms with E-state index in [4.69, 9.17) is 17.3 Å². The van der Waals surface area contributed by atoms with Crippen LogP contribution in [-0.4, -0.2) is 52.1 Å². The third kappa shape index (κ3) is 4.83. The van der Waals surface area contributed by atoms with Crippen molar-refractivity contribution >= 4 is 39.8 Å². The van der Waals surface area contributed by atoms with E-state index in [0.29, 0.717) is 22.3 Å². The standard InChI is InChI=1S/C23H25ClF3N7/c1-13(14-8-15(23(25,26)27)10-16(28)9-14)30-21-18-11-20(29-12-19(18)31-22(24)32-21)34-6-4-33(5-7-34)17-2-3-17/h8-13,17H,2-7,28H2,1H3,(H,30,31,32). The largest absolute Gasteiger partial charge is 0.416 e. The Hall–Kier alpha value is -2.85. The Morgan fingerprint density at radius 1 is 1.09 bits per heavy atom. The van der Waals surface area contributed by atoms with Crippen molar-refractivity contribution in [3.63, 3.8) is 0 Å². The molecule has 7 nitrogen and oxygen atoms in total. The zero-order chi connectivity index (χ0) is 24.0. The lowest BCUT2D eigenvalue weighted by Gasteiger charge is -2.35. The predicted molar refractivity (Wildman–Crippen MR) is 127 cm³/mol. The number of aromatic nitrogens is 3. The first-order valence-corrected chi connectivity index (χ1v) is 11.6. The number of nitrogens with zero attached hydrogens (tertiary/aromatic N) is 5. The van der Waals surface area contributed by atoms with Gasteiger partial charge in [0, 0.05) is 43.3 Å². The van der Waals surface area contributed by atoms with Gasteiger partial charge in [-0.1, -0.05) is 0 Å². The zero-order valence-electron chi connectivity index (χ0n) is 18.6. The lowest BCUT2D eigenvalue weighted by molar-refractivity contribution is -0.137. The zero-order valence-corrected chi connectivity index (χ0v) is 19.4. The fraction of sp³-hybridized carbons (Fsp3) is 0.435. The molecule has 34 heavy (non-hydrogen) atoms. The number of nitrogen functional groups attached to an aromatic ring is 1. The minimum atomic E-state index is -4.49. The van der Waals surface area contributed by atoms with Crippen LogP contribution in [-0.2, 0) is 6.18 Å². The Balaban J connectivity index is 1.42. The summed E-state index contributed by atoms with van der Waals surface area (Å²) in [4.78, 5) is 17.9. The van der Waals surface area contributed by atoms with Gasteiger partial charge in [0.1, 0.15) is 11.6 Å². The molecule has 0 amide bonds. The average molecular weight is 492 g/mol. The third-order valence-corrected chi connectivity index (χ3v) is 6.57. The van der Waals surface area contributed by atoms with E-state index in [9.17, 15) is 13.2 Å². The lowest BCUT2D eigenvalue weighted by atomic mass is 10.0. The summed E-state index contributed by atoms with van der Waals surface area (Å²) in [5.74, 6) is 1.24. The molecule has 1 saturated heterocycles. The Labute approximate surface area is 200 Å². The third-order valence-electron chi connectivity index (χ3n) is 6.40. The maximum Gasteiger partial charge on any atom is 0.416 e. The number of rotatable bonds is 5. The summed E-state index contributed by atoms with van der Waals surface area (Å²) in [6.45, 7) is 5.51. The van der Waals surface area contributed by atoms with E-state index in [1.165, 1.54) is 18.9 Å². The first kappa shape index (κ1) is 22.9. The van der Waals surface area contributed by atoms with E-state index in [1.54, 1.807) is 13.1 Å². The number of halogens is 4. The van der Waals surface area contributed by atoms with E-state index in [2.05, 4.69) is 30.1 Å². The number of benzene rings is 1.